The fourth-order valence-electron chi connectivity index (χ4n) is 2.87. The van der Waals surface area contributed by atoms with Crippen LogP contribution in [-0.4, -0.2) is 34.9 Å². The molecule has 4 nitrogen and oxygen atoms in total. The summed E-state index contributed by atoms with van der Waals surface area (Å²) in [7, 11) is 0. The number of likely N-dealkylation sites (tertiary alicyclic amines) is 1. The third-order valence-corrected chi connectivity index (χ3v) is 5.12. The molecule has 24 heavy (non-hydrogen) atoms. The summed E-state index contributed by atoms with van der Waals surface area (Å²) in [4.78, 5) is 19.1. The van der Waals surface area contributed by atoms with E-state index >= 15 is 0 Å². The lowest BCUT2D eigenvalue weighted by molar-refractivity contribution is 0.0656. The predicted molar refractivity (Wildman–Crippen MR) is 104 cm³/mol. The highest BCUT2D eigenvalue weighted by Gasteiger charge is 2.27. The van der Waals surface area contributed by atoms with E-state index in [2.05, 4.69) is 4.98 Å². The largest absolute Gasteiger partial charge is 0.337 e. The van der Waals surface area contributed by atoms with E-state index in [0.29, 0.717) is 11.6 Å². The lowest BCUT2D eigenvalue weighted by Gasteiger charge is -2.34. The van der Waals surface area contributed by atoms with E-state index < -0.39 is 0 Å². The van der Waals surface area contributed by atoms with E-state index in [1.807, 2.05) is 47.5 Å². The van der Waals surface area contributed by atoms with Crippen LogP contribution < -0.4 is 5.73 Å². The minimum Gasteiger partial charge on any atom is -0.337 e. The van der Waals surface area contributed by atoms with E-state index in [9.17, 15) is 4.79 Å². The summed E-state index contributed by atoms with van der Waals surface area (Å²) in [5.41, 5.74) is 7.60. The molecule has 7 heteroatoms. The zero-order valence-electron chi connectivity index (χ0n) is 13.6. The second-order valence-corrected chi connectivity index (χ2v) is 6.77. The summed E-state index contributed by atoms with van der Waals surface area (Å²) >= 11 is 1.52. The van der Waals surface area contributed by atoms with E-state index in [1.54, 1.807) is 0 Å². The van der Waals surface area contributed by atoms with Gasteiger partial charge in [0.05, 0.1) is 0 Å². The molecule has 0 bridgehead atoms. The van der Waals surface area contributed by atoms with Gasteiger partial charge in [-0.3, -0.25) is 4.79 Å². The van der Waals surface area contributed by atoms with Crippen LogP contribution in [0.15, 0.2) is 35.7 Å². The number of carbonyl (C=O) groups excluding carboxylic acids is 1. The van der Waals surface area contributed by atoms with Crippen LogP contribution in [0.4, 0.5) is 0 Å². The third kappa shape index (κ3) is 4.70. The molecular formula is C17H23Cl2N3OS. The highest BCUT2D eigenvalue weighted by Crippen LogP contribution is 2.25. The maximum Gasteiger partial charge on any atom is 0.273 e. The normalized spacial score (nSPS) is 18.2. The van der Waals surface area contributed by atoms with E-state index in [4.69, 9.17) is 5.73 Å². The molecular weight excluding hydrogens is 365 g/mol. The fraction of sp³-hybridized carbons (Fsp3) is 0.412. The maximum atomic E-state index is 12.6. The lowest BCUT2D eigenvalue weighted by Crippen LogP contribution is -2.45. The quantitative estimate of drug-likeness (QED) is 0.869. The minimum atomic E-state index is 0. The van der Waals surface area contributed by atoms with Crippen LogP contribution >= 0.6 is 36.2 Å². The number of carbonyl (C=O) groups is 1. The zero-order chi connectivity index (χ0) is 15.5. The first kappa shape index (κ1) is 20.9. The number of hydrogen-bond donors (Lipinski definition) is 1. The molecule has 0 spiro atoms. The number of halogens is 2. The zero-order valence-corrected chi connectivity index (χ0v) is 16.0. The van der Waals surface area contributed by atoms with E-state index in [0.717, 1.165) is 36.5 Å². The fourth-order valence-corrected chi connectivity index (χ4v) is 3.67. The van der Waals surface area contributed by atoms with Crippen LogP contribution in [0.2, 0.25) is 0 Å². The molecule has 2 unspecified atom stereocenters. The van der Waals surface area contributed by atoms with Crippen LogP contribution in [0.5, 0.6) is 0 Å². The van der Waals surface area contributed by atoms with Crippen molar-refractivity contribution in [2.75, 3.05) is 13.1 Å². The maximum absolute atomic E-state index is 12.6. The Kier molecular flexibility index (Phi) is 8.16. The number of benzene rings is 1. The van der Waals surface area contributed by atoms with Crippen LogP contribution in [0.25, 0.3) is 10.6 Å². The van der Waals surface area contributed by atoms with Crippen molar-refractivity contribution in [3.63, 3.8) is 0 Å². The van der Waals surface area contributed by atoms with Crippen LogP contribution in [0.1, 0.15) is 30.3 Å². The lowest BCUT2D eigenvalue weighted by atomic mass is 9.92. The van der Waals surface area contributed by atoms with Crippen molar-refractivity contribution >= 4 is 42.1 Å². The van der Waals surface area contributed by atoms with Gasteiger partial charge in [0.25, 0.3) is 5.91 Å². The number of nitrogens with zero attached hydrogens (tertiary/aromatic N) is 2. The summed E-state index contributed by atoms with van der Waals surface area (Å²) in [5.74, 6) is 0.425. The number of nitrogens with two attached hydrogens (primary N) is 1. The molecule has 0 radical (unpaired) electrons. The first-order valence-corrected chi connectivity index (χ1v) is 8.59. The Bertz CT molecular complexity index is 648. The van der Waals surface area contributed by atoms with Crippen molar-refractivity contribution in [2.24, 2.45) is 11.7 Å². The molecule has 2 heterocycles. The molecule has 1 aliphatic heterocycles. The van der Waals surface area contributed by atoms with Crippen LogP contribution in [0.3, 0.4) is 0 Å². The Balaban J connectivity index is 0.00000144. The molecule has 2 N–H and O–H groups in total. The van der Waals surface area contributed by atoms with Gasteiger partial charge in [0, 0.05) is 30.1 Å². The molecule has 2 atom stereocenters. The Hall–Kier alpha value is -1.14. The van der Waals surface area contributed by atoms with E-state index in [-0.39, 0.29) is 36.8 Å². The van der Waals surface area contributed by atoms with Gasteiger partial charge >= 0.3 is 0 Å². The van der Waals surface area contributed by atoms with Crippen molar-refractivity contribution in [3.05, 3.63) is 41.4 Å². The number of hydrogen-bond acceptors (Lipinski definition) is 4. The molecule has 1 aromatic heterocycles. The van der Waals surface area contributed by atoms with Crippen molar-refractivity contribution in [1.29, 1.82) is 0 Å². The van der Waals surface area contributed by atoms with Crippen molar-refractivity contribution < 1.29 is 4.79 Å². The molecule has 1 aliphatic rings. The molecule has 1 aromatic carbocycles. The Morgan fingerprint density at radius 3 is 2.71 bits per heavy atom. The topological polar surface area (TPSA) is 59.2 Å². The molecule has 1 fully saturated rings. The molecule has 1 amide bonds. The van der Waals surface area contributed by atoms with Crippen molar-refractivity contribution in [1.82, 2.24) is 9.88 Å². The number of aromatic nitrogens is 1. The van der Waals surface area contributed by atoms with Crippen molar-refractivity contribution in [2.45, 2.75) is 25.8 Å². The monoisotopic (exact) mass is 387 g/mol. The van der Waals surface area contributed by atoms with Crippen molar-refractivity contribution in [3.8, 4) is 10.6 Å². The minimum absolute atomic E-state index is 0. The van der Waals surface area contributed by atoms with Gasteiger partial charge in [-0.1, -0.05) is 30.3 Å². The third-order valence-electron chi connectivity index (χ3n) is 4.23. The number of piperidine rings is 1. The van der Waals surface area contributed by atoms with E-state index in [1.165, 1.54) is 11.3 Å². The molecule has 132 valence electrons. The average molecular weight is 388 g/mol. The second kappa shape index (κ2) is 9.37. The van der Waals surface area contributed by atoms with Gasteiger partial charge in [0.2, 0.25) is 0 Å². The Morgan fingerprint density at radius 2 is 2.04 bits per heavy atom. The SMILES string of the molecule is CC(N)C1CCCN(C(=O)c2csc(-c3ccccc3)n2)C1.Cl.Cl. The molecule has 2 aromatic rings. The Morgan fingerprint density at radius 1 is 1.33 bits per heavy atom. The highest BCUT2D eigenvalue weighted by atomic mass is 35.5. The van der Waals surface area contributed by atoms with Gasteiger partial charge in [0.15, 0.2) is 0 Å². The van der Waals surface area contributed by atoms with Gasteiger partial charge in [-0.15, -0.1) is 36.2 Å². The van der Waals surface area contributed by atoms with Gasteiger partial charge in [-0.25, -0.2) is 4.98 Å². The number of rotatable bonds is 3. The first-order chi connectivity index (χ1) is 10.6. The number of amides is 1. The first-order valence-electron chi connectivity index (χ1n) is 7.71. The smallest absolute Gasteiger partial charge is 0.273 e. The van der Waals surface area contributed by atoms with Gasteiger partial charge in [-0.05, 0) is 25.7 Å². The van der Waals surface area contributed by atoms with Crippen LogP contribution in [-0.2, 0) is 0 Å². The summed E-state index contributed by atoms with van der Waals surface area (Å²) in [6, 6.07) is 10.1. The molecule has 3 rings (SSSR count). The van der Waals surface area contributed by atoms with Crippen LogP contribution in [0, 0.1) is 5.92 Å². The standard InChI is InChI=1S/C17H21N3OS.2ClH/c1-12(18)14-8-5-9-20(10-14)17(21)15-11-22-16(19-15)13-6-3-2-4-7-13;;/h2-4,6-7,11-12,14H,5,8-10,18H2,1H3;2*1H. The van der Waals surface area contributed by atoms with Gasteiger partial charge in [0.1, 0.15) is 10.7 Å². The Labute approximate surface area is 159 Å². The molecule has 0 saturated carbocycles. The van der Waals surface area contributed by atoms with Gasteiger partial charge in [-0.2, -0.15) is 0 Å². The summed E-state index contributed by atoms with van der Waals surface area (Å²) < 4.78 is 0. The predicted octanol–water partition coefficient (Wildman–Crippen LogP) is 3.85. The second-order valence-electron chi connectivity index (χ2n) is 5.92. The summed E-state index contributed by atoms with van der Waals surface area (Å²) in [6.07, 6.45) is 2.13. The number of thiazole rings is 1. The summed E-state index contributed by atoms with van der Waals surface area (Å²) in [5, 5.41) is 2.75. The van der Waals surface area contributed by atoms with Gasteiger partial charge < -0.3 is 10.6 Å². The highest BCUT2D eigenvalue weighted by molar-refractivity contribution is 7.13. The average Bonchev–Trinajstić information content (AvgIpc) is 3.05. The molecule has 0 aliphatic carbocycles. The molecule has 1 saturated heterocycles. The summed E-state index contributed by atoms with van der Waals surface area (Å²) in [6.45, 7) is 3.57.